The fourth-order valence-electron chi connectivity index (χ4n) is 2.40. The summed E-state index contributed by atoms with van der Waals surface area (Å²) >= 11 is 0. The van der Waals surface area contributed by atoms with E-state index in [1.807, 2.05) is 0 Å². The molecule has 0 spiro atoms. The van der Waals surface area contributed by atoms with Crippen molar-refractivity contribution in [3.05, 3.63) is 11.9 Å². The van der Waals surface area contributed by atoms with E-state index in [0.717, 1.165) is 38.8 Å². The summed E-state index contributed by atoms with van der Waals surface area (Å²) in [6, 6.07) is 0.328. The van der Waals surface area contributed by atoms with Crippen LogP contribution in [0.4, 0.5) is 0 Å². The van der Waals surface area contributed by atoms with Gasteiger partial charge in [-0.2, -0.15) is 0 Å². The second-order valence-electron chi connectivity index (χ2n) is 5.06. The lowest BCUT2D eigenvalue weighted by molar-refractivity contribution is 0.0204. The van der Waals surface area contributed by atoms with Gasteiger partial charge in [0, 0.05) is 13.1 Å². The number of nitrogens with one attached hydrogen (secondary N) is 1. The summed E-state index contributed by atoms with van der Waals surface area (Å²) in [6.07, 6.45) is 7.27. The summed E-state index contributed by atoms with van der Waals surface area (Å²) in [5.74, 6) is -0.333. The number of carbonyl (C=O) groups is 1. The van der Waals surface area contributed by atoms with Gasteiger partial charge < -0.3 is 10.1 Å². The molecule has 1 aliphatic carbocycles. The molecule has 3 rings (SSSR count). The Bertz CT molecular complexity index is 421. The quantitative estimate of drug-likeness (QED) is 0.808. The molecule has 98 valence electrons. The Morgan fingerprint density at radius 2 is 2.11 bits per heavy atom. The molecule has 0 radical (unpaired) electrons. The molecule has 2 aliphatic rings. The van der Waals surface area contributed by atoms with Gasteiger partial charge in [-0.3, -0.25) is 0 Å². The highest BCUT2D eigenvalue weighted by Gasteiger charge is 2.24. The van der Waals surface area contributed by atoms with E-state index >= 15 is 0 Å². The van der Waals surface area contributed by atoms with Crippen LogP contribution in [0.1, 0.15) is 48.6 Å². The Balaban J connectivity index is 1.59. The Morgan fingerprint density at radius 1 is 1.33 bits per heavy atom. The highest BCUT2D eigenvalue weighted by Crippen LogP contribution is 2.21. The zero-order chi connectivity index (χ0) is 12.4. The Hall–Kier alpha value is -1.43. The molecule has 2 fully saturated rings. The summed E-state index contributed by atoms with van der Waals surface area (Å²) < 4.78 is 7.20. The molecule has 6 heteroatoms. The van der Waals surface area contributed by atoms with Crippen molar-refractivity contribution in [2.75, 3.05) is 13.1 Å². The van der Waals surface area contributed by atoms with Crippen molar-refractivity contribution in [3.63, 3.8) is 0 Å². The van der Waals surface area contributed by atoms with Crippen molar-refractivity contribution in [1.29, 1.82) is 0 Å². The zero-order valence-corrected chi connectivity index (χ0v) is 10.3. The summed E-state index contributed by atoms with van der Waals surface area (Å²) in [5, 5.41) is 11.0. The zero-order valence-electron chi connectivity index (χ0n) is 10.3. The lowest BCUT2D eigenvalue weighted by atomic mass is 9.98. The minimum atomic E-state index is -0.333. The van der Waals surface area contributed by atoms with Crippen molar-refractivity contribution >= 4 is 5.97 Å². The Morgan fingerprint density at radius 3 is 2.78 bits per heavy atom. The van der Waals surface area contributed by atoms with Crippen LogP contribution in [0.25, 0.3) is 0 Å². The third kappa shape index (κ3) is 2.38. The predicted molar refractivity (Wildman–Crippen MR) is 64.2 cm³/mol. The molecular formula is C12H18N4O2. The monoisotopic (exact) mass is 250 g/mol. The maximum Gasteiger partial charge on any atom is 0.360 e. The topological polar surface area (TPSA) is 69.0 Å². The first-order valence-electron chi connectivity index (χ1n) is 6.66. The highest BCUT2D eigenvalue weighted by atomic mass is 16.5. The van der Waals surface area contributed by atoms with E-state index in [1.165, 1.54) is 6.42 Å². The summed E-state index contributed by atoms with van der Waals surface area (Å²) in [4.78, 5) is 11.9. The molecule has 6 nitrogen and oxygen atoms in total. The van der Waals surface area contributed by atoms with Gasteiger partial charge in [0.15, 0.2) is 5.69 Å². The number of ether oxygens (including phenoxy) is 1. The van der Waals surface area contributed by atoms with Crippen LogP contribution in [0, 0.1) is 0 Å². The van der Waals surface area contributed by atoms with E-state index in [0.29, 0.717) is 11.7 Å². The average Bonchev–Trinajstić information content (AvgIpc) is 2.77. The molecule has 1 aromatic rings. The first kappa shape index (κ1) is 11.6. The molecule has 1 saturated carbocycles. The van der Waals surface area contributed by atoms with Crippen LogP contribution in [0.2, 0.25) is 0 Å². The van der Waals surface area contributed by atoms with Crippen LogP contribution in [-0.4, -0.2) is 40.2 Å². The van der Waals surface area contributed by atoms with E-state index in [9.17, 15) is 4.79 Å². The lowest BCUT2D eigenvalue weighted by Gasteiger charge is -2.26. The van der Waals surface area contributed by atoms with E-state index in [4.69, 9.17) is 4.74 Å². The SMILES string of the molecule is O=C(OC1CCCCC1)c1cn(C2CNC2)nn1. The first-order chi connectivity index (χ1) is 8.83. The summed E-state index contributed by atoms with van der Waals surface area (Å²) in [6.45, 7) is 1.78. The van der Waals surface area contributed by atoms with E-state index in [-0.39, 0.29) is 12.1 Å². The molecular weight excluding hydrogens is 232 g/mol. The number of hydrogen-bond donors (Lipinski definition) is 1. The molecule has 0 bridgehead atoms. The molecule has 2 heterocycles. The molecule has 0 aromatic carbocycles. The van der Waals surface area contributed by atoms with Crippen molar-refractivity contribution in [2.45, 2.75) is 44.2 Å². The number of nitrogens with zero attached hydrogens (tertiary/aromatic N) is 3. The molecule has 1 aliphatic heterocycles. The lowest BCUT2D eigenvalue weighted by Crippen LogP contribution is -2.43. The van der Waals surface area contributed by atoms with Gasteiger partial charge in [0.2, 0.25) is 0 Å². The average molecular weight is 250 g/mol. The third-order valence-electron chi connectivity index (χ3n) is 3.68. The van der Waals surface area contributed by atoms with Crippen LogP contribution < -0.4 is 5.32 Å². The number of carbonyl (C=O) groups excluding carboxylic acids is 1. The molecule has 1 N–H and O–H groups in total. The van der Waals surface area contributed by atoms with Gasteiger partial charge in [0.05, 0.1) is 12.2 Å². The predicted octanol–water partition coefficient (Wildman–Crippen LogP) is 0.912. The summed E-state index contributed by atoms with van der Waals surface area (Å²) in [7, 11) is 0. The maximum absolute atomic E-state index is 11.9. The molecule has 0 amide bonds. The Kier molecular flexibility index (Phi) is 3.27. The van der Waals surface area contributed by atoms with Gasteiger partial charge in [0.1, 0.15) is 6.10 Å². The number of rotatable bonds is 3. The normalized spacial score (nSPS) is 21.6. The molecule has 0 unspecified atom stereocenters. The standard InChI is InChI=1S/C12H18N4O2/c17-12(18-10-4-2-1-3-5-10)11-8-16(15-14-11)9-6-13-7-9/h8-10,13H,1-7H2. The van der Waals surface area contributed by atoms with E-state index in [1.54, 1.807) is 10.9 Å². The number of aromatic nitrogens is 3. The number of hydrogen-bond acceptors (Lipinski definition) is 5. The van der Waals surface area contributed by atoms with Crippen LogP contribution in [0.15, 0.2) is 6.20 Å². The van der Waals surface area contributed by atoms with E-state index in [2.05, 4.69) is 15.6 Å². The van der Waals surface area contributed by atoms with Gasteiger partial charge in [-0.15, -0.1) is 5.10 Å². The molecule has 1 saturated heterocycles. The van der Waals surface area contributed by atoms with Crippen molar-refractivity contribution in [1.82, 2.24) is 20.3 Å². The Labute approximate surface area is 106 Å². The van der Waals surface area contributed by atoms with Crippen molar-refractivity contribution < 1.29 is 9.53 Å². The summed E-state index contributed by atoms with van der Waals surface area (Å²) in [5.41, 5.74) is 0.326. The maximum atomic E-state index is 11.9. The third-order valence-corrected chi connectivity index (χ3v) is 3.68. The molecule has 18 heavy (non-hydrogen) atoms. The van der Waals surface area contributed by atoms with Gasteiger partial charge in [0.25, 0.3) is 0 Å². The number of esters is 1. The largest absolute Gasteiger partial charge is 0.458 e. The second-order valence-corrected chi connectivity index (χ2v) is 5.06. The molecule has 0 atom stereocenters. The van der Waals surface area contributed by atoms with Gasteiger partial charge in [-0.25, -0.2) is 9.48 Å². The second kappa shape index (κ2) is 5.06. The minimum Gasteiger partial charge on any atom is -0.458 e. The fourth-order valence-corrected chi connectivity index (χ4v) is 2.40. The van der Waals surface area contributed by atoms with Crippen molar-refractivity contribution in [3.8, 4) is 0 Å². The first-order valence-corrected chi connectivity index (χ1v) is 6.66. The van der Waals surface area contributed by atoms with Crippen LogP contribution in [0.3, 0.4) is 0 Å². The van der Waals surface area contributed by atoms with Gasteiger partial charge in [-0.1, -0.05) is 11.6 Å². The molecule has 1 aromatic heterocycles. The van der Waals surface area contributed by atoms with Crippen LogP contribution in [0.5, 0.6) is 0 Å². The van der Waals surface area contributed by atoms with Gasteiger partial charge >= 0.3 is 5.97 Å². The smallest absolute Gasteiger partial charge is 0.360 e. The minimum absolute atomic E-state index is 0.0711. The van der Waals surface area contributed by atoms with Crippen LogP contribution in [-0.2, 0) is 4.74 Å². The fraction of sp³-hybridized carbons (Fsp3) is 0.750. The van der Waals surface area contributed by atoms with Crippen LogP contribution >= 0.6 is 0 Å². The van der Waals surface area contributed by atoms with Crippen molar-refractivity contribution in [2.24, 2.45) is 0 Å². The van der Waals surface area contributed by atoms with E-state index < -0.39 is 0 Å². The van der Waals surface area contributed by atoms with Gasteiger partial charge in [-0.05, 0) is 25.7 Å². The highest BCUT2D eigenvalue weighted by molar-refractivity contribution is 5.86.